The van der Waals surface area contributed by atoms with E-state index in [0.29, 0.717) is 11.4 Å². The molecule has 0 aromatic carbocycles. The number of pyridine rings is 1. The SMILES string of the molecule is Cc1cc(C)nc(-c2cnc3ccc(C#N)cn23)n1. The predicted octanol–water partition coefficient (Wildman–Crippen LogP) is 2.28. The van der Waals surface area contributed by atoms with Crippen LogP contribution in [-0.4, -0.2) is 19.4 Å². The maximum absolute atomic E-state index is 8.97. The Kier molecular flexibility index (Phi) is 2.50. The first kappa shape index (κ1) is 11.4. The van der Waals surface area contributed by atoms with E-state index < -0.39 is 0 Å². The highest BCUT2D eigenvalue weighted by atomic mass is 15.0. The van der Waals surface area contributed by atoms with E-state index in [1.165, 1.54) is 0 Å². The van der Waals surface area contributed by atoms with E-state index in [4.69, 9.17) is 5.26 Å². The molecule has 19 heavy (non-hydrogen) atoms. The molecule has 0 amide bonds. The van der Waals surface area contributed by atoms with Crippen LogP contribution in [0.15, 0.2) is 30.6 Å². The van der Waals surface area contributed by atoms with Crippen LogP contribution in [0.5, 0.6) is 0 Å². The van der Waals surface area contributed by atoms with Gasteiger partial charge in [0, 0.05) is 17.6 Å². The molecule has 0 unspecified atom stereocenters. The summed E-state index contributed by atoms with van der Waals surface area (Å²) in [4.78, 5) is 13.2. The predicted molar refractivity (Wildman–Crippen MR) is 70.4 cm³/mol. The molecule has 0 bridgehead atoms. The van der Waals surface area contributed by atoms with Crippen molar-refractivity contribution in [1.29, 1.82) is 5.26 Å². The maximum atomic E-state index is 8.97. The first-order valence-corrected chi connectivity index (χ1v) is 5.87. The summed E-state index contributed by atoms with van der Waals surface area (Å²) in [6, 6.07) is 7.60. The van der Waals surface area contributed by atoms with Gasteiger partial charge >= 0.3 is 0 Å². The molecule has 3 aromatic rings. The van der Waals surface area contributed by atoms with Crippen LogP contribution in [0.4, 0.5) is 0 Å². The van der Waals surface area contributed by atoms with Crippen LogP contribution >= 0.6 is 0 Å². The molecule has 0 aliphatic rings. The Bertz CT molecular complexity index is 790. The number of nitriles is 1. The summed E-state index contributed by atoms with van der Waals surface area (Å²) in [5.74, 6) is 0.625. The van der Waals surface area contributed by atoms with Gasteiger partial charge < -0.3 is 0 Å². The molecule has 3 rings (SSSR count). The molecule has 0 spiro atoms. The second-order valence-electron chi connectivity index (χ2n) is 4.38. The second-order valence-corrected chi connectivity index (χ2v) is 4.38. The van der Waals surface area contributed by atoms with E-state index in [1.807, 2.05) is 30.4 Å². The van der Waals surface area contributed by atoms with E-state index in [2.05, 4.69) is 21.0 Å². The van der Waals surface area contributed by atoms with Gasteiger partial charge in [0.2, 0.25) is 0 Å². The first-order chi connectivity index (χ1) is 9.17. The zero-order valence-electron chi connectivity index (χ0n) is 10.6. The van der Waals surface area contributed by atoms with Crippen molar-refractivity contribution in [3.63, 3.8) is 0 Å². The number of nitrogens with zero attached hydrogens (tertiary/aromatic N) is 5. The third kappa shape index (κ3) is 1.93. The van der Waals surface area contributed by atoms with E-state index in [-0.39, 0.29) is 0 Å². The van der Waals surface area contributed by atoms with Crippen LogP contribution in [0.1, 0.15) is 17.0 Å². The van der Waals surface area contributed by atoms with Gasteiger partial charge in [-0.3, -0.25) is 4.40 Å². The van der Waals surface area contributed by atoms with Crippen LogP contribution in [0.25, 0.3) is 17.2 Å². The summed E-state index contributed by atoms with van der Waals surface area (Å²) in [6.45, 7) is 3.87. The standard InChI is InChI=1S/C14H11N5/c1-9-5-10(2)18-14(17-9)12-7-16-13-4-3-11(6-15)8-19(12)13/h3-5,7-8H,1-2H3. The minimum atomic E-state index is 0.580. The molecule has 3 aromatic heterocycles. The molecule has 0 fully saturated rings. The van der Waals surface area contributed by atoms with Gasteiger partial charge in [-0.1, -0.05) is 0 Å². The zero-order chi connectivity index (χ0) is 13.4. The van der Waals surface area contributed by atoms with Crippen molar-refractivity contribution in [3.8, 4) is 17.6 Å². The molecule has 0 atom stereocenters. The summed E-state index contributed by atoms with van der Waals surface area (Å²) in [6.07, 6.45) is 3.48. The van der Waals surface area contributed by atoms with Crippen molar-refractivity contribution in [1.82, 2.24) is 19.4 Å². The summed E-state index contributed by atoms with van der Waals surface area (Å²) in [5.41, 5.74) is 3.97. The summed E-state index contributed by atoms with van der Waals surface area (Å²) in [7, 11) is 0. The third-order valence-electron chi connectivity index (χ3n) is 2.85. The third-order valence-corrected chi connectivity index (χ3v) is 2.85. The molecule has 3 heterocycles. The van der Waals surface area contributed by atoms with Gasteiger partial charge in [-0.05, 0) is 32.0 Å². The smallest absolute Gasteiger partial charge is 0.178 e. The monoisotopic (exact) mass is 249 g/mol. The Labute approximate surface area is 110 Å². The number of aromatic nitrogens is 4. The lowest BCUT2D eigenvalue weighted by Crippen LogP contribution is -1.97. The Hall–Kier alpha value is -2.74. The molecular weight excluding hydrogens is 238 g/mol. The Morgan fingerprint density at radius 1 is 1.16 bits per heavy atom. The molecule has 0 saturated heterocycles. The molecule has 0 radical (unpaired) electrons. The van der Waals surface area contributed by atoms with Crippen LogP contribution in [0.2, 0.25) is 0 Å². The zero-order valence-corrected chi connectivity index (χ0v) is 10.6. The summed E-state index contributed by atoms with van der Waals surface area (Å²) < 4.78 is 1.84. The first-order valence-electron chi connectivity index (χ1n) is 5.87. The Morgan fingerprint density at radius 2 is 1.89 bits per heavy atom. The van der Waals surface area contributed by atoms with Crippen molar-refractivity contribution < 1.29 is 0 Å². The normalized spacial score (nSPS) is 10.6. The fourth-order valence-electron chi connectivity index (χ4n) is 2.05. The number of aryl methyl sites for hydroxylation is 2. The average Bonchev–Trinajstić information content (AvgIpc) is 2.80. The number of rotatable bonds is 1. The van der Waals surface area contributed by atoms with E-state index in [9.17, 15) is 0 Å². The molecule has 0 N–H and O–H groups in total. The number of imidazole rings is 1. The molecule has 5 heteroatoms. The molecule has 0 aliphatic carbocycles. The van der Waals surface area contributed by atoms with E-state index in [0.717, 1.165) is 22.7 Å². The number of fused-ring (bicyclic) bond motifs is 1. The molecule has 92 valence electrons. The summed E-state index contributed by atoms with van der Waals surface area (Å²) in [5, 5.41) is 8.97. The molecule has 5 nitrogen and oxygen atoms in total. The van der Waals surface area contributed by atoms with Crippen molar-refractivity contribution in [2.24, 2.45) is 0 Å². The van der Waals surface area contributed by atoms with Gasteiger partial charge in [0.15, 0.2) is 5.82 Å². The number of hydrogen-bond acceptors (Lipinski definition) is 4. The Balaban J connectivity index is 2.27. The van der Waals surface area contributed by atoms with Crippen LogP contribution < -0.4 is 0 Å². The molecule has 0 aliphatic heterocycles. The van der Waals surface area contributed by atoms with Crippen molar-refractivity contribution in [2.75, 3.05) is 0 Å². The minimum Gasteiger partial charge on any atom is -0.296 e. The van der Waals surface area contributed by atoms with Gasteiger partial charge in [0.25, 0.3) is 0 Å². The fraction of sp³-hybridized carbons (Fsp3) is 0.143. The largest absolute Gasteiger partial charge is 0.296 e. The Morgan fingerprint density at radius 3 is 2.58 bits per heavy atom. The highest BCUT2D eigenvalue weighted by Gasteiger charge is 2.10. The number of hydrogen-bond donors (Lipinski definition) is 0. The quantitative estimate of drug-likeness (QED) is 0.663. The fourth-order valence-corrected chi connectivity index (χ4v) is 2.05. The van der Waals surface area contributed by atoms with Gasteiger partial charge in [0.1, 0.15) is 17.4 Å². The van der Waals surface area contributed by atoms with Crippen LogP contribution in [-0.2, 0) is 0 Å². The lowest BCUT2D eigenvalue weighted by atomic mass is 10.3. The van der Waals surface area contributed by atoms with E-state index >= 15 is 0 Å². The lowest BCUT2D eigenvalue weighted by molar-refractivity contribution is 1.04. The molecular formula is C14H11N5. The lowest BCUT2D eigenvalue weighted by Gasteiger charge is -2.03. The minimum absolute atomic E-state index is 0.580. The molecule has 0 saturated carbocycles. The van der Waals surface area contributed by atoms with Crippen LogP contribution in [0, 0.1) is 25.2 Å². The summed E-state index contributed by atoms with van der Waals surface area (Å²) >= 11 is 0. The highest BCUT2D eigenvalue weighted by molar-refractivity contribution is 5.58. The van der Waals surface area contributed by atoms with Crippen molar-refractivity contribution in [2.45, 2.75) is 13.8 Å². The van der Waals surface area contributed by atoms with Crippen molar-refractivity contribution >= 4 is 5.65 Å². The van der Waals surface area contributed by atoms with Gasteiger partial charge in [-0.25, -0.2) is 15.0 Å². The highest BCUT2D eigenvalue weighted by Crippen LogP contribution is 2.18. The van der Waals surface area contributed by atoms with Gasteiger partial charge in [-0.2, -0.15) is 5.26 Å². The average molecular weight is 249 g/mol. The second kappa shape index (κ2) is 4.18. The van der Waals surface area contributed by atoms with E-state index in [1.54, 1.807) is 18.5 Å². The van der Waals surface area contributed by atoms with Crippen LogP contribution in [0.3, 0.4) is 0 Å². The maximum Gasteiger partial charge on any atom is 0.178 e. The van der Waals surface area contributed by atoms with Gasteiger partial charge in [0.05, 0.1) is 11.8 Å². The topological polar surface area (TPSA) is 66.9 Å². The van der Waals surface area contributed by atoms with Gasteiger partial charge in [-0.15, -0.1) is 0 Å². The van der Waals surface area contributed by atoms with Crippen molar-refractivity contribution in [3.05, 3.63) is 47.5 Å².